The van der Waals surface area contributed by atoms with Crippen LogP contribution in [0, 0.1) is 0 Å². The molecule has 2 aliphatic heterocycles. The molecule has 2 aromatic carbocycles. The first-order chi connectivity index (χ1) is 19.6. The maximum atomic E-state index is 11.7. The maximum absolute atomic E-state index is 11.7. The minimum atomic E-state index is -0.262. The van der Waals surface area contributed by atoms with Gasteiger partial charge in [-0.3, -0.25) is 4.90 Å². The van der Waals surface area contributed by atoms with Gasteiger partial charge in [-0.15, -0.1) is 0 Å². The van der Waals surface area contributed by atoms with Gasteiger partial charge in [0.05, 0.1) is 30.8 Å². The average molecular weight is 561 g/mol. The van der Waals surface area contributed by atoms with E-state index in [1.165, 1.54) is 5.56 Å². The monoisotopic (exact) mass is 560 g/mol. The van der Waals surface area contributed by atoms with E-state index in [9.17, 15) is 4.79 Å². The number of urea groups is 1. The van der Waals surface area contributed by atoms with Crippen molar-refractivity contribution in [3.63, 3.8) is 0 Å². The molecule has 40 heavy (non-hydrogen) atoms. The molecule has 2 amide bonds. The van der Waals surface area contributed by atoms with E-state index in [2.05, 4.69) is 31.2 Å². The molecule has 10 nitrogen and oxygen atoms in total. The fourth-order valence-corrected chi connectivity index (χ4v) is 5.65. The highest BCUT2D eigenvalue weighted by Gasteiger charge is 2.26. The molecule has 2 aromatic heterocycles. The topological polar surface area (TPSA) is 100 Å². The van der Waals surface area contributed by atoms with Crippen molar-refractivity contribution in [1.29, 1.82) is 0 Å². The number of hydrogen-bond acceptors (Lipinski definition) is 7. The number of anilines is 2. The largest absolute Gasteiger partial charge is 0.378 e. The first-order valence-corrected chi connectivity index (χ1v) is 14.1. The smallest absolute Gasteiger partial charge is 0.318 e. The summed E-state index contributed by atoms with van der Waals surface area (Å²) < 4.78 is 7.70. The minimum absolute atomic E-state index is 0.257. The molecule has 4 heterocycles. The number of fused-ring (bicyclic) bond motifs is 1. The predicted molar refractivity (Wildman–Crippen MR) is 157 cm³/mol. The van der Waals surface area contributed by atoms with Crippen LogP contribution in [0.15, 0.2) is 54.7 Å². The van der Waals surface area contributed by atoms with Gasteiger partial charge in [0.15, 0.2) is 11.5 Å². The molecule has 2 N–H and O–H groups in total. The number of morpholine rings is 1. The molecule has 11 heteroatoms. The van der Waals surface area contributed by atoms with Crippen molar-refractivity contribution in [2.75, 3.05) is 56.7 Å². The van der Waals surface area contributed by atoms with Crippen molar-refractivity contribution < 1.29 is 9.53 Å². The fourth-order valence-electron chi connectivity index (χ4n) is 5.44. The Bertz CT molecular complexity index is 1480. The van der Waals surface area contributed by atoms with Crippen LogP contribution in [0.1, 0.15) is 24.4 Å². The molecule has 0 atom stereocenters. The average Bonchev–Trinajstić information content (AvgIpc) is 3.42. The number of halogens is 1. The number of aromatic nitrogens is 4. The molecule has 2 fully saturated rings. The van der Waals surface area contributed by atoms with E-state index < -0.39 is 0 Å². The van der Waals surface area contributed by atoms with E-state index in [1.807, 2.05) is 48.7 Å². The van der Waals surface area contributed by atoms with E-state index in [0.29, 0.717) is 24.7 Å². The van der Waals surface area contributed by atoms with Gasteiger partial charge in [0.1, 0.15) is 5.82 Å². The number of carbonyl (C=O) groups excluding carboxylic acids is 1. The van der Waals surface area contributed by atoms with Gasteiger partial charge >= 0.3 is 6.03 Å². The molecular formula is C29H33ClN8O2. The first-order valence-electron chi connectivity index (χ1n) is 13.7. The number of amides is 2. The van der Waals surface area contributed by atoms with Crippen LogP contribution in [-0.4, -0.2) is 77.1 Å². The van der Waals surface area contributed by atoms with Gasteiger partial charge in [0.25, 0.3) is 0 Å². The zero-order valence-corrected chi connectivity index (χ0v) is 23.3. The summed E-state index contributed by atoms with van der Waals surface area (Å²) in [6, 6.07) is 15.7. The molecule has 0 spiro atoms. The normalized spacial score (nSPS) is 16.8. The van der Waals surface area contributed by atoms with Crippen LogP contribution in [-0.2, 0) is 11.3 Å². The Kier molecular flexibility index (Phi) is 7.81. The molecule has 0 aliphatic carbocycles. The zero-order chi connectivity index (χ0) is 27.5. The Labute approximate surface area is 238 Å². The third kappa shape index (κ3) is 5.74. The van der Waals surface area contributed by atoms with E-state index in [4.69, 9.17) is 31.4 Å². The number of piperidine rings is 1. The summed E-state index contributed by atoms with van der Waals surface area (Å²) in [5.74, 6) is 1.53. The second-order valence-corrected chi connectivity index (χ2v) is 10.7. The molecule has 208 valence electrons. The van der Waals surface area contributed by atoms with Gasteiger partial charge in [-0.25, -0.2) is 19.4 Å². The SMILES string of the molecule is CNC(=O)Nc1ccc(-c2nc(N3CCOCC3)c3cnn(C4CCN(Cc5cccc(Cl)c5)CC4)c3n2)cc1. The lowest BCUT2D eigenvalue weighted by molar-refractivity contribution is 0.122. The van der Waals surface area contributed by atoms with Gasteiger partial charge in [-0.2, -0.15) is 5.10 Å². The van der Waals surface area contributed by atoms with Crippen LogP contribution in [0.4, 0.5) is 16.3 Å². The quantitative estimate of drug-likeness (QED) is 0.356. The van der Waals surface area contributed by atoms with Crippen LogP contribution in [0.3, 0.4) is 0 Å². The van der Waals surface area contributed by atoms with Crippen molar-refractivity contribution in [2.45, 2.75) is 25.4 Å². The van der Waals surface area contributed by atoms with Gasteiger partial charge in [0, 0.05) is 56.0 Å². The molecular weight excluding hydrogens is 528 g/mol. The number of benzene rings is 2. The highest BCUT2D eigenvalue weighted by atomic mass is 35.5. The predicted octanol–water partition coefficient (Wildman–Crippen LogP) is 4.57. The van der Waals surface area contributed by atoms with Crippen molar-refractivity contribution in [3.05, 3.63) is 65.3 Å². The number of ether oxygens (including phenoxy) is 1. The van der Waals surface area contributed by atoms with E-state index in [-0.39, 0.29) is 12.1 Å². The molecule has 0 bridgehead atoms. The van der Waals surface area contributed by atoms with Crippen molar-refractivity contribution in [1.82, 2.24) is 30.0 Å². The van der Waals surface area contributed by atoms with Gasteiger partial charge in [-0.05, 0) is 54.8 Å². The highest BCUT2D eigenvalue weighted by molar-refractivity contribution is 6.30. The number of likely N-dealkylation sites (tertiary alicyclic amines) is 1. The number of hydrogen-bond donors (Lipinski definition) is 2. The molecule has 0 saturated carbocycles. The standard InChI is InChI=1S/C29H33ClN8O2/c1-31-29(39)33-23-7-5-21(6-8-23)26-34-27(37-13-15-40-16-14-37)25-18-32-38(28(25)35-26)24-9-11-36(12-10-24)19-20-3-2-4-22(30)17-20/h2-8,17-18,24H,9-16,19H2,1H3,(H2,31,33,39). The van der Waals surface area contributed by atoms with Crippen LogP contribution in [0.2, 0.25) is 5.02 Å². The zero-order valence-electron chi connectivity index (χ0n) is 22.5. The van der Waals surface area contributed by atoms with Gasteiger partial charge < -0.3 is 20.3 Å². The summed E-state index contributed by atoms with van der Waals surface area (Å²) in [5, 5.41) is 12.0. The summed E-state index contributed by atoms with van der Waals surface area (Å²) in [6.45, 7) is 5.73. The van der Waals surface area contributed by atoms with Crippen LogP contribution >= 0.6 is 11.6 Å². The maximum Gasteiger partial charge on any atom is 0.318 e. The second-order valence-electron chi connectivity index (χ2n) is 10.2. The van der Waals surface area contributed by atoms with Crippen molar-refractivity contribution >= 4 is 40.2 Å². The lowest BCUT2D eigenvalue weighted by Gasteiger charge is -2.32. The number of carbonyl (C=O) groups is 1. The molecule has 0 unspecified atom stereocenters. The highest BCUT2D eigenvalue weighted by Crippen LogP contribution is 2.32. The Morgan fingerprint density at radius 2 is 1.82 bits per heavy atom. The third-order valence-electron chi connectivity index (χ3n) is 7.57. The molecule has 6 rings (SSSR count). The lowest BCUT2D eigenvalue weighted by Crippen LogP contribution is -2.37. The molecule has 2 saturated heterocycles. The summed E-state index contributed by atoms with van der Waals surface area (Å²) in [7, 11) is 1.59. The first kappa shape index (κ1) is 26.5. The van der Waals surface area contributed by atoms with Gasteiger partial charge in [0.2, 0.25) is 0 Å². The number of nitrogens with zero attached hydrogens (tertiary/aromatic N) is 6. The minimum Gasteiger partial charge on any atom is -0.378 e. The number of nitrogens with one attached hydrogen (secondary N) is 2. The van der Waals surface area contributed by atoms with Crippen molar-refractivity contribution in [3.8, 4) is 11.4 Å². The molecule has 0 radical (unpaired) electrons. The van der Waals surface area contributed by atoms with E-state index in [0.717, 1.165) is 73.0 Å². The lowest BCUT2D eigenvalue weighted by atomic mass is 10.0. The Hall–Kier alpha value is -3.73. The van der Waals surface area contributed by atoms with Crippen LogP contribution < -0.4 is 15.5 Å². The summed E-state index contributed by atoms with van der Waals surface area (Å²) in [4.78, 5) is 26.5. The molecule has 4 aromatic rings. The van der Waals surface area contributed by atoms with Crippen LogP contribution in [0.5, 0.6) is 0 Å². The Balaban J connectivity index is 1.28. The third-order valence-corrected chi connectivity index (χ3v) is 7.81. The van der Waals surface area contributed by atoms with Crippen molar-refractivity contribution in [2.24, 2.45) is 0 Å². The number of rotatable bonds is 6. The fraction of sp³-hybridized carbons (Fsp3) is 0.379. The second kappa shape index (κ2) is 11.8. The Morgan fingerprint density at radius 3 is 2.55 bits per heavy atom. The van der Waals surface area contributed by atoms with E-state index in [1.54, 1.807) is 7.05 Å². The Morgan fingerprint density at radius 1 is 1.05 bits per heavy atom. The van der Waals surface area contributed by atoms with Gasteiger partial charge in [-0.1, -0.05) is 23.7 Å². The van der Waals surface area contributed by atoms with Crippen LogP contribution in [0.25, 0.3) is 22.4 Å². The van der Waals surface area contributed by atoms with E-state index >= 15 is 0 Å². The molecule has 2 aliphatic rings. The summed E-state index contributed by atoms with van der Waals surface area (Å²) in [6.07, 6.45) is 3.89. The summed E-state index contributed by atoms with van der Waals surface area (Å²) in [5.41, 5.74) is 3.67. The summed E-state index contributed by atoms with van der Waals surface area (Å²) >= 11 is 6.20.